The van der Waals surface area contributed by atoms with Gasteiger partial charge in [0.2, 0.25) is 0 Å². The van der Waals surface area contributed by atoms with Crippen LogP contribution in [0, 0.1) is 0 Å². The van der Waals surface area contributed by atoms with Crippen LogP contribution in [0.1, 0.15) is 18.4 Å². The van der Waals surface area contributed by atoms with E-state index in [-0.39, 0.29) is 18.5 Å². The summed E-state index contributed by atoms with van der Waals surface area (Å²) in [7, 11) is 0. The zero-order chi connectivity index (χ0) is 12.7. The fraction of sp³-hybridized carbons (Fsp3) is 0.417. The van der Waals surface area contributed by atoms with E-state index in [1.807, 2.05) is 0 Å². The molecule has 3 nitrogen and oxygen atoms in total. The zero-order valence-corrected chi connectivity index (χ0v) is 9.33. The van der Waals surface area contributed by atoms with Crippen LogP contribution in [-0.2, 0) is 10.7 Å². The molecule has 94 valence electrons. The number of hydrogen-bond donors (Lipinski definition) is 2. The molecule has 0 unspecified atom stereocenters. The maximum atomic E-state index is 13.6. The van der Waals surface area contributed by atoms with Crippen molar-refractivity contribution in [2.75, 3.05) is 13.1 Å². The van der Waals surface area contributed by atoms with Crippen molar-refractivity contribution >= 4 is 5.97 Å². The first kappa shape index (κ1) is 13.6. The topological polar surface area (TPSA) is 49.3 Å². The van der Waals surface area contributed by atoms with Gasteiger partial charge in [0.25, 0.3) is 5.92 Å². The van der Waals surface area contributed by atoms with Crippen molar-refractivity contribution in [2.24, 2.45) is 0 Å². The molecule has 0 amide bonds. The number of rotatable bonds is 7. The molecule has 17 heavy (non-hydrogen) atoms. The first-order valence-corrected chi connectivity index (χ1v) is 5.38. The monoisotopic (exact) mass is 243 g/mol. The van der Waals surface area contributed by atoms with E-state index in [0.717, 1.165) is 0 Å². The molecule has 2 N–H and O–H groups in total. The fourth-order valence-electron chi connectivity index (χ4n) is 1.39. The van der Waals surface area contributed by atoms with Crippen molar-refractivity contribution in [2.45, 2.75) is 18.8 Å². The molecule has 0 atom stereocenters. The van der Waals surface area contributed by atoms with E-state index in [1.54, 1.807) is 18.2 Å². The summed E-state index contributed by atoms with van der Waals surface area (Å²) < 4.78 is 27.1. The number of hydrogen-bond acceptors (Lipinski definition) is 2. The second kappa shape index (κ2) is 6.30. The van der Waals surface area contributed by atoms with Crippen molar-refractivity contribution in [1.82, 2.24) is 5.32 Å². The first-order chi connectivity index (χ1) is 8.02. The standard InChI is InChI=1S/C12H15F2NO2/c13-12(14,10-5-2-1-3-6-10)9-15-8-4-7-11(16)17/h1-3,5-6,15H,4,7-9H2,(H,16,17). The van der Waals surface area contributed by atoms with Gasteiger partial charge in [0.15, 0.2) is 0 Å². The Labute approximate surface area is 98.5 Å². The number of carboxylic acids is 1. The van der Waals surface area contributed by atoms with Gasteiger partial charge in [-0.1, -0.05) is 30.3 Å². The molecule has 0 saturated heterocycles. The van der Waals surface area contributed by atoms with Crippen LogP contribution in [0.4, 0.5) is 8.78 Å². The van der Waals surface area contributed by atoms with Crippen LogP contribution >= 0.6 is 0 Å². The molecule has 0 aliphatic heterocycles. The van der Waals surface area contributed by atoms with Gasteiger partial charge in [0.05, 0.1) is 6.54 Å². The van der Waals surface area contributed by atoms with Crippen molar-refractivity contribution in [3.8, 4) is 0 Å². The molecule has 1 aromatic carbocycles. The molecule has 0 spiro atoms. The molecular formula is C12H15F2NO2. The molecule has 0 radical (unpaired) electrons. The van der Waals surface area contributed by atoms with Gasteiger partial charge >= 0.3 is 5.97 Å². The Morgan fingerprint density at radius 1 is 1.29 bits per heavy atom. The Bertz CT molecular complexity index is 355. The van der Waals surface area contributed by atoms with E-state index in [1.165, 1.54) is 12.1 Å². The smallest absolute Gasteiger partial charge is 0.303 e. The Balaban J connectivity index is 2.33. The molecule has 0 aliphatic rings. The van der Waals surface area contributed by atoms with Gasteiger partial charge < -0.3 is 10.4 Å². The third-order valence-electron chi connectivity index (χ3n) is 2.29. The molecule has 0 saturated carbocycles. The minimum absolute atomic E-state index is 0.0100. The fourth-order valence-corrected chi connectivity index (χ4v) is 1.39. The summed E-state index contributed by atoms with van der Waals surface area (Å²) in [6.07, 6.45) is 0.337. The lowest BCUT2D eigenvalue weighted by Crippen LogP contribution is -2.31. The van der Waals surface area contributed by atoms with Crippen molar-refractivity contribution < 1.29 is 18.7 Å². The highest BCUT2D eigenvalue weighted by Crippen LogP contribution is 2.26. The molecule has 0 bridgehead atoms. The summed E-state index contributed by atoms with van der Waals surface area (Å²) in [4.78, 5) is 10.2. The summed E-state index contributed by atoms with van der Waals surface area (Å²) >= 11 is 0. The van der Waals surface area contributed by atoms with Gasteiger partial charge in [-0.2, -0.15) is 8.78 Å². The van der Waals surface area contributed by atoms with E-state index in [0.29, 0.717) is 6.42 Å². The minimum atomic E-state index is -2.93. The van der Waals surface area contributed by atoms with Crippen LogP contribution in [-0.4, -0.2) is 24.2 Å². The number of carboxylic acid groups (broad SMARTS) is 1. The Morgan fingerprint density at radius 3 is 2.53 bits per heavy atom. The van der Waals surface area contributed by atoms with E-state index < -0.39 is 18.4 Å². The van der Waals surface area contributed by atoms with Crippen LogP contribution in [0.15, 0.2) is 30.3 Å². The lowest BCUT2D eigenvalue weighted by molar-refractivity contribution is -0.137. The van der Waals surface area contributed by atoms with E-state index >= 15 is 0 Å². The van der Waals surface area contributed by atoms with Gasteiger partial charge in [0, 0.05) is 12.0 Å². The average Bonchev–Trinajstić information content (AvgIpc) is 2.29. The SMILES string of the molecule is O=C(O)CCCNCC(F)(F)c1ccccc1. The average molecular weight is 243 g/mol. The second-order valence-corrected chi connectivity index (χ2v) is 3.74. The van der Waals surface area contributed by atoms with Crippen LogP contribution < -0.4 is 5.32 Å². The first-order valence-electron chi connectivity index (χ1n) is 5.38. The molecule has 0 fully saturated rings. The van der Waals surface area contributed by atoms with Gasteiger partial charge in [0.1, 0.15) is 0 Å². The molecule has 0 aliphatic carbocycles. The summed E-state index contributed by atoms with van der Waals surface area (Å²) in [6, 6.07) is 7.55. The Kier molecular flexibility index (Phi) is 5.03. The largest absolute Gasteiger partial charge is 0.481 e. The molecule has 0 aromatic heterocycles. The lowest BCUT2D eigenvalue weighted by atomic mass is 10.1. The quantitative estimate of drug-likeness (QED) is 0.722. The molecule has 5 heteroatoms. The third-order valence-corrected chi connectivity index (χ3v) is 2.29. The normalized spacial score (nSPS) is 11.4. The van der Waals surface area contributed by atoms with E-state index in [2.05, 4.69) is 5.32 Å². The van der Waals surface area contributed by atoms with E-state index in [9.17, 15) is 13.6 Å². The summed E-state index contributed by atoms with van der Waals surface area (Å²) in [5, 5.41) is 10.9. The number of alkyl halides is 2. The summed E-state index contributed by atoms with van der Waals surface area (Å²) in [6.45, 7) is -0.203. The molecular weight excluding hydrogens is 228 g/mol. The van der Waals surface area contributed by atoms with Crippen molar-refractivity contribution in [3.05, 3.63) is 35.9 Å². The number of benzene rings is 1. The highest BCUT2D eigenvalue weighted by atomic mass is 19.3. The molecule has 0 heterocycles. The number of halogens is 2. The second-order valence-electron chi connectivity index (χ2n) is 3.74. The lowest BCUT2D eigenvalue weighted by Gasteiger charge is -2.17. The highest BCUT2D eigenvalue weighted by molar-refractivity contribution is 5.66. The Morgan fingerprint density at radius 2 is 1.94 bits per heavy atom. The summed E-state index contributed by atoms with van der Waals surface area (Å²) in [5.41, 5.74) is -0.0364. The zero-order valence-electron chi connectivity index (χ0n) is 9.33. The highest BCUT2D eigenvalue weighted by Gasteiger charge is 2.30. The molecule has 1 aromatic rings. The van der Waals surface area contributed by atoms with Crippen molar-refractivity contribution in [3.63, 3.8) is 0 Å². The van der Waals surface area contributed by atoms with Crippen LogP contribution in [0.3, 0.4) is 0 Å². The summed E-state index contributed by atoms with van der Waals surface area (Å²) in [5.74, 6) is -3.84. The van der Waals surface area contributed by atoms with Gasteiger partial charge in [-0.3, -0.25) is 4.79 Å². The number of carbonyl (C=O) groups is 1. The van der Waals surface area contributed by atoms with Crippen LogP contribution in [0.25, 0.3) is 0 Å². The predicted octanol–water partition coefficient (Wildman–Crippen LogP) is 2.23. The minimum Gasteiger partial charge on any atom is -0.481 e. The van der Waals surface area contributed by atoms with Crippen LogP contribution in [0.2, 0.25) is 0 Å². The number of nitrogens with one attached hydrogen (secondary N) is 1. The molecule has 1 rings (SSSR count). The maximum Gasteiger partial charge on any atom is 0.303 e. The third kappa shape index (κ3) is 4.91. The van der Waals surface area contributed by atoms with Crippen LogP contribution in [0.5, 0.6) is 0 Å². The predicted molar refractivity (Wildman–Crippen MR) is 60.1 cm³/mol. The number of aliphatic carboxylic acids is 1. The Hall–Kier alpha value is -1.49. The van der Waals surface area contributed by atoms with Gasteiger partial charge in [-0.25, -0.2) is 0 Å². The van der Waals surface area contributed by atoms with E-state index in [4.69, 9.17) is 5.11 Å². The van der Waals surface area contributed by atoms with Gasteiger partial charge in [-0.05, 0) is 13.0 Å². The maximum absolute atomic E-state index is 13.6. The van der Waals surface area contributed by atoms with Crippen molar-refractivity contribution in [1.29, 1.82) is 0 Å². The van der Waals surface area contributed by atoms with Gasteiger partial charge in [-0.15, -0.1) is 0 Å².